The van der Waals surface area contributed by atoms with Crippen molar-refractivity contribution < 1.29 is 9.59 Å². The summed E-state index contributed by atoms with van der Waals surface area (Å²) in [5, 5.41) is 2.11. The third kappa shape index (κ3) is 3.04. The standard InChI is InChI=1S/C21H17BrO2/c1-2-21(24)15-7-3-6-14(12-15)16-8-4-10-18-17(16)9-5-11-19(18)20(22)13-23/h3-13,20H,2H2,1H3. The molecule has 0 fully saturated rings. The fourth-order valence-electron chi connectivity index (χ4n) is 2.96. The number of fused-ring (bicyclic) bond motifs is 1. The minimum absolute atomic E-state index is 0.138. The van der Waals surface area contributed by atoms with E-state index in [2.05, 4.69) is 15.9 Å². The molecule has 0 aromatic heterocycles. The molecule has 24 heavy (non-hydrogen) atoms. The number of hydrogen-bond donors (Lipinski definition) is 0. The van der Waals surface area contributed by atoms with E-state index >= 15 is 0 Å². The summed E-state index contributed by atoms with van der Waals surface area (Å²) < 4.78 is 0. The van der Waals surface area contributed by atoms with Crippen LogP contribution in [0.5, 0.6) is 0 Å². The SMILES string of the molecule is CCC(=O)c1cccc(-c2cccc3c(C(Br)C=O)cccc23)c1. The van der Waals surface area contributed by atoms with Crippen molar-refractivity contribution in [3.05, 3.63) is 71.8 Å². The number of carbonyl (C=O) groups is 2. The molecule has 0 aliphatic carbocycles. The van der Waals surface area contributed by atoms with E-state index in [1.54, 1.807) is 0 Å². The topological polar surface area (TPSA) is 34.1 Å². The molecule has 1 atom stereocenters. The van der Waals surface area contributed by atoms with Crippen LogP contribution >= 0.6 is 15.9 Å². The summed E-state index contributed by atoms with van der Waals surface area (Å²) in [5.74, 6) is 0.138. The normalized spacial score (nSPS) is 12.1. The maximum absolute atomic E-state index is 12.0. The van der Waals surface area contributed by atoms with Gasteiger partial charge in [-0.25, -0.2) is 0 Å². The summed E-state index contributed by atoms with van der Waals surface area (Å²) in [4.78, 5) is 22.8. The summed E-state index contributed by atoms with van der Waals surface area (Å²) in [6.45, 7) is 1.87. The van der Waals surface area contributed by atoms with Gasteiger partial charge in [-0.05, 0) is 33.5 Å². The van der Waals surface area contributed by atoms with Crippen LogP contribution in [-0.2, 0) is 4.79 Å². The van der Waals surface area contributed by atoms with Crippen LogP contribution in [0.4, 0.5) is 0 Å². The maximum atomic E-state index is 12.0. The zero-order chi connectivity index (χ0) is 17.1. The van der Waals surface area contributed by atoms with Gasteiger partial charge in [0.2, 0.25) is 0 Å². The van der Waals surface area contributed by atoms with Crippen LogP contribution in [0.2, 0.25) is 0 Å². The number of benzene rings is 3. The second kappa shape index (κ2) is 7.10. The van der Waals surface area contributed by atoms with Crippen LogP contribution in [0, 0.1) is 0 Å². The van der Waals surface area contributed by atoms with E-state index in [9.17, 15) is 9.59 Å². The Labute approximate surface area is 149 Å². The molecule has 3 aromatic carbocycles. The third-order valence-corrected chi connectivity index (χ3v) is 4.90. The van der Waals surface area contributed by atoms with Gasteiger partial charge in [0.1, 0.15) is 6.29 Å². The van der Waals surface area contributed by atoms with Crippen molar-refractivity contribution in [3.63, 3.8) is 0 Å². The lowest BCUT2D eigenvalue weighted by atomic mass is 9.93. The Balaban J connectivity index is 2.21. The van der Waals surface area contributed by atoms with Gasteiger partial charge in [-0.2, -0.15) is 0 Å². The van der Waals surface area contributed by atoms with E-state index in [1.807, 2.05) is 67.6 Å². The molecule has 3 heteroatoms. The van der Waals surface area contributed by atoms with Crippen molar-refractivity contribution in [2.75, 3.05) is 0 Å². The number of hydrogen-bond acceptors (Lipinski definition) is 2. The van der Waals surface area contributed by atoms with Gasteiger partial charge >= 0.3 is 0 Å². The predicted octanol–water partition coefficient (Wildman–Crippen LogP) is 5.73. The molecular weight excluding hydrogens is 364 g/mol. The number of alkyl halides is 1. The second-order valence-corrected chi connectivity index (χ2v) is 6.63. The van der Waals surface area contributed by atoms with Crippen LogP contribution in [0.15, 0.2) is 60.7 Å². The van der Waals surface area contributed by atoms with Gasteiger partial charge in [-0.15, -0.1) is 0 Å². The number of halogens is 1. The average molecular weight is 381 g/mol. The molecule has 0 saturated carbocycles. The maximum Gasteiger partial charge on any atom is 0.162 e. The summed E-state index contributed by atoms with van der Waals surface area (Å²) >= 11 is 3.41. The first-order chi connectivity index (χ1) is 11.7. The fraction of sp³-hybridized carbons (Fsp3) is 0.143. The number of ketones is 1. The summed E-state index contributed by atoms with van der Waals surface area (Å²) in [5.41, 5.74) is 3.75. The molecule has 3 aromatic rings. The zero-order valence-corrected chi connectivity index (χ0v) is 14.9. The molecule has 0 saturated heterocycles. The Morgan fingerprint density at radius 3 is 2.50 bits per heavy atom. The molecule has 0 spiro atoms. The van der Waals surface area contributed by atoms with Crippen molar-refractivity contribution in [2.45, 2.75) is 18.2 Å². The lowest BCUT2D eigenvalue weighted by Gasteiger charge is -2.12. The first-order valence-electron chi connectivity index (χ1n) is 7.90. The molecule has 0 N–H and O–H groups in total. The van der Waals surface area contributed by atoms with E-state index < -0.39 is 0 Å². The molecule has 3 rings (SSSR count). The summed E-state index contributed by atoms with van der Waals surface area (Å²) in [6, 6.07) is 19.7. The minimum atomic E-state index is -0.329. The first-order valence-corrected chi connectivity index (χ1v) is 8.82. The molecular formula is C21H17BrO2. The van der Waals surface area contributed by atoms with E-state index in [0.717, 1.165) is 39.3 Å². The highest BCUT2D eigenvalue weighted by Crippen LogP contribution is 2.34. The quantitative estimate of drug-likeness (QED) is 0.321. The lowest BCUT2D eigenvalue weighted by Crippen LogP contribution is -1.97. The number of carbonyl (C=O) groups excluding carboxylic acids is 2. The second-order valence-electron chi connectivity index (χ2n) is 5.64. The highest BCUT2D eigenvalue weighted by molar-refractivity contribution is 9.09. The van der Waals surface area contributed by atoms with Gasteiger partial charge in [0.05, 0.1) is 4.83 Å². The van der Waals surface area contributed by atoms with Gasteiger partial charge < -0.3 is 4.79 Å². The van der Waals surface area contributed by atoms with E-state index in [4.69, 9.17) is 0 Å². The number of aldehydes is 1. The van der Waals surface area contributed by atoms with Crippen molar-refractivity contribution in [1.29, 1.82) is 0 Å². The molecule has 0 aliphatic rings. The van der Waals surface area contributed by atoms with Gasteiger partial charge in [-0.1, -0.05) is 77.5 Å². The lowest BCUT2D eigenvalue weighted by molar-refractivity contribution is -0.107. The largest absolute Gasteiger partial charge is 0.302 e. The van der Waals surface area contributed by atoms with Gasteiger partial charge in [-0.3, -0.25) is 4.79 Å². The van der Waals surface area contributed by atoms with Crippen molar-refractivity contribution in [3.8, 4) is 11.1 Å². The Bertz CT molecular complexity index is 915. The molecule has 1 unspecified atom stereocenters. The fourth-order valence-corrected chi connectivity index (χ4v) is 3.36. The van der Waals surface area contributed by atoms with E-state index in [-0.39, 0.29) is 10.6 Å². The molecule has 0 aliphatic heterocycles. The van der Waals surface area contributed by atoms with Crippen LogP contribution in [-0.4, -0.2) is 12.1 Å². The third-order valence-electron chi connectivity index (χ3n) is 4.19. The monoisotopic (exact) mass is 380 g/mol. The Morgan fingerprint density at radius 2 is 1.75 bits per heavy atom. The highest BCUT2D eigenvalue weighted by atomic mass is 79.9. The minimum Gasteiger partial charge on any atom is -0.302 e. The van der Waals surface area contributed by atoms with Crippen molar-refractivity contribution >= 4 is 38.8 Å². The van der Waals surface area contributed by atoms with Gasteiger partial charge in [0.25, 0.3) is 0 Å². The van der Waals surface area contributed by atoms with Crippen molar-refractivity contribution in [1.82, 2.24) is 0 Å². The van der Waals surface area contributed by atoms with E-state index in [1.165, 1.54) is 0 Å². The predicted molar refractivity (Wildman–Crippen MR) is 102 cm³/mol. The smallest absolute Gasteiger partial charge is 0.162 e. The first kappa shape index (κ1) is 16.6. The van der Waals surface area contributed by atoms with Gasteiger partial charge in [0, 0.05) is 12.0 Å². The van der Waals surface area contributed by atoms with Crippen LogP contribution in [0.1, 0.15) is 34.1 Å². The highest BCUT2D eigenvalue weighted by Gasteiger charge is 2.13. The molecule has 0 radical (unpaired) electrons. The Hall–Kier alpha value is -2.26. The van der Waals surface area contributed by atoms with Crippen LogP contribution in [0.3, 0.4) is 0 Å². The van der Waals surface area contributed by atoms with Crippen LogP contribution in [0.25, 0.3) is 21.9 Å². The summed E-state index contributed by atoms with van der Waals surface area (Å²) in [6.07, 6.45) is 1.38. The zero-order valence-electron chi connectivity index (χ0n) is 13.3. The van der Waals surface area contributed by atoms with E-state index in [0.29, 0.717) is 6.42 Å². The van der Waals surface area contributed by atoms with Crippen molar-refractivity contribution in [2.24, 2.45) is 0 Å². The molecule has 0 bridgehead atoms. The Kier molecular flexibility index (Phi) is 4.91. The molecule has 0 amide bonds. The summed E-state index contributed by atoms with van der Waals surface area (Å²) in [7, 11) is 0. The van der Waals surface area contributed by atoms with Gasteiger partial charge in [0.15, 0.2) is 5.78 Å². The molecule has 120 valence electrons. The number of Topliss-reactive ketones (excluding diaryl/α,β-unsaturated/α-hetero) is 1. The Morgan fingerprint density at radius 1 is 1.04 bits per heavy atom. The molecule has 2 nitrogen and oxygen atoms in total. The molecule has 0 heterocycles. The number of rotatable bonds is 5. The van der Waals surface area contributed by atoms with Crippen LogP contribution < -0.4 is 0 Å². The average Bonchev–Trinajstić information content (AvgIpc) is 2.65.